The Bertz CT molecular complexity index is 503. The third kappa shape index (κ3) is 2.97. The zero-order valence-corrected chi connectivity index (χ0v) is 13.2. The molecule has 0 spiro atoms. The van der Waals surface area contributed by atoms with Crippen molar-refractivity contribution in [1.29, 1.82) is 5.26 Å². The fourth-order valence-corrected chi connectivity index (χ4v) is 3.35. The van der Waals surface area contributed by atoms with Gasteiger partial charge in [-0.25, -0.2) is 0 Å². The van der Waals surface area contributed by atoms with E-state index in [2.05, 4.69) is 28.9 Å². The molecule has 1 N–H and O–H groups in total. The van der Waals surface area contributed by atoms with Gasteiger partial charge >= 0.3 is 0 Å². The lowest BCUT2D eigenvalue weighted by atomic mass is 9.67. The normalized spacial score (nSPS) is 28.7. The van der Waals surface area contributed by atoms with Crippen LogP contribution in [0.2, 0.25) is 5.02 Å². The second-order valence-corrected chi connectivity index (χ2v) is 6.84. The van der Waals surface area contributed by atoms with Gasteiger partial charge in [-0.3, -0.25) is 0 Å². The number of hydrogen-bond acceptors (Lipinski definition) is 2. The van der Waals surface area contributed by atoms with Gasteiger partial charge in [0.1, 0.15) is 0 Å². The van der Waals surface area contributed by atoms with Gasteiger partial charge in [-0.15, -0.1) is 0 Å². The fraction of sp³-hybridized carbons (Fsp3) is 0.533. The lowest BCUT2D eigenvalue weighted by molar-refractivity contribution is 0.0267. The molecule has 0 saturated heterocycles. The van der Waals surface area contributed by atoms with E-state index in [1.165, 1.54) is 0 Å². The minimum Gasteiger partial charge on any atom is -0.387 e. The highest BCUT2D eigenvalue weighted by Crippen LogP contribution is 2.48. The van der Waals surface area contributed by atoms with Crippen LogP contribution in [-0.4, -0.2) is 5.11 Å². The number of aliphatic hydroxyl groups is 1. The van der Waals surface area contributed by atoms with Crippen LogP contribution in [0.15, 0.2) is 22.7 Å². The highest BCUT2D eigenvalue weighted by Gasteiger charge is 2.42. The molecular weight excluding hydrogens is 326 g/mol. The van der Waals surface area contributed by atoms with Gasteiger partial charge in [-0.2, -0.15) is 5.26 Å². The average molecular weight is 343 g/mol. The van der Waals surface area contributed by atoms with E-state index in [1.54, 1.807) is 6.07 Å². The van der Waals surface area contributed by atoms with Crippen LogP contribution in [0.25, 0.3) is 0 Å². The number of halogens is 2. The Morgan fingerprint density at radius 3 is 2.68 bits per heavy atom. The first-order chi connectivity index (χ1) is 8.98. The molecule has 1 unspecified atom stereocenters. The summed E-state index contributed by atoms with van der Waals surface area (Å²) in [6.07, 6.45) is 2.60. The van der Waals surface area contributed by atoms with E-state index in [-0.39, 0.29) is 0 Å². The van der Waals surface area contributed by atoms with Gasteiger partial charge < -0.3 is 5.11 Å². The van der Waals surface area contributed by atoms with Crippen LogP contribution in [0.3, 0.4) is 0 Å². The molecule has 1 atom stereocenters. The molecule has 102 valence electrons. The molecule has 0 amide bonds. The van der Waals surface area contributed by atoms with Crippen LogP contribution in [0.4, 0.5) is 0 Å². The smallest absolute Gasteiger partial charge is 0.0991 e. The van der Waals surface area contributed by atoms with Gasteiger partial charge in [-0.05, 0) is 49.8 Å². The van der Waals surface area contributed by atoms with Crippen molar-refractivity contribution in [3.8, 4) is 6.07 Å². The van der Waals surface area contributed by atoms with Gasteiger partial charge in [0.05, 0.1) is 17.6 Å². The zero-order chi connectivity index (χ0) is 14.0. The van der Waals surface area contributed by atoms with Crippen molar-refractivity contribution in [1.82, 2.24) is 0 Å². The highest BCUT2D eigenvalue weighted by atomic mass is 79.9. The highest BCUT2D eigenvalue weighted by molar-refractivity contribution is 9.10. The summed E-state index contributed by atoms with van der Waals surface area (Å²) in [5.41, 5.74) is -0.0520. The maximum atomic E-state index is 10.7. The maximum Gasteiger partial charge on any atom is 0.0991 e. The summed E-state index contributed by atoms with van der Waals surface area (Å²) in [4.78, 5) is 0. The number of nitrogens with zero attached hydrogens (tertiary/aromatic N) is 1. The minimum absolute atomic E-state index is 0.518. The molecule has 4 heteroatoms. The molecule has 0 bridgehead atoms. The molecule has 1 saturated carbocycles. The molecule has 2 nitrogen and oxygen atoms in total. The van der Waals surface area contributed by atoms with Gasteiger partial charge in [0.25, 0.3) is 0 Å². The first-order valence-electron chi connectivity index (χ1n) is 6.53. The molecule has 0 aliphatic heterocycles. The van der Waals surface area contributed by atoms with Gasteiger partial charge in [0, 0.05) is 15.1 Å². The second-order valence-electron chi connectivity index (χ2n) is 5.52. The van der Waals surface area contributed by atoms with Crippen LogP contribution in [-0.2, 0) is 0 Å². The van der Waals surface area contributed by atoms with Crippen molar-refractivity contribution in [3.05, 3.63) is 33.3 Å². The number of benzene rings is 1. The first-order valence-corrected chi connectivity index (χ1v) is 7.70. The van der Waals surface area contributed by atoms with Crippen molar-refractivity contribution >= 4 is 27.5 Å². The van der Waals surface area contributed by atoms with E-state index in [9.17, 15) is 10.4 Å². The molecule has 0 heterocycles. The van der Waals surface area contributed by atoms with Crippen molar-refractivity contribution < 1.29 is 5.11 Å². The van der Waals surface area contributed by atoms with E-state index >= 15 is 0 Å². The topological polar surface area (TPSA) is 44.0 Å². The van der Waals surface area contributed by atoms with Gasteiger partial charge in [-0.1, -0.05) is 34.5 Å². The standard InChI is InChI=1S/C15H17BrClNO/c1-10-4-6-15(9-18,7-5-10)14(19)12-8-11(16)2-3-13(12)17/h2-3,8,10,14,19H,4-7H2,1H3. The first kappa shape index (κ1) is 14.8. The Labute approximate surface area is 127 Å². The van der Waals surface area contributed by atoms with E-state index in [1.807, 2.05) is 12.1 Å². The third-order valence-corrected chi connectivity index (χ3v) is 5.00. The molecule has 1 fully saturated rings. The summed E-state index contributed by atoms with van der Waals surface area (Å²) in [6, 6.07) is 7.75. The van der Waals surface area contributed by atoms with Crippen molar-refractivity contribution in [2.24, 2.45) is 11.3 Å². The van der Waals surface area contributed by atoms with E-state index in [0.29, 0.717) is 16.5 Å². The Morgan fingerprint density at radius 2 is 2.11 bits per heavy atom. The summed E-state index contributed by atoms with van der Waals surface area (Å²) < 4.78 is 0.864. The van der Waals surface area contributed by atoms with Crippen LogP contribution in [0.1, 0.15) is 44.3 Å². The van der Waals surface area contributed by atoms with Gasteiger partial charge in [0.15, 0.2) is 0 Å². The number of hydrogen-bond donors (Lipinski definition) is 1. The van der Waals surface area contributed by atoms with Crippen molar-refractivity contribution in [2.75, 3.05) is 0 Å². The molecule has 19 heavy (non-hydrogen) atoms. The van der Waals surface area contributed by atoms with E-state index < -0.39 is 11.5 Å². The number of rotatable bonds is 2. The van der Waals surface area contributed by atoms with Crippen molar-refractivity contribution in [3.63, 3.8) is 0 Å². The number of aliphatic hydroxyl groups excluding tert-OH is 1. The molecule has 1 aromatic carbocycles. The van der Waals surface area contributed by atoms with Crippen LogP contribution < -0.4 is 0 Å². The molecule has 1 aromatic rings. The molecule has 0 radical (unpaired) electrons. The Morgan fingerprint density at radius 1 is 1.47 bits per heavy atom. The lowest BCUT2D eigenvalue weighted by Crippen LogP contribution is -2.32. The van der Waals surface area contributed by atoms with Gasteiger partial charge in [0.2, 0.25) is 0 Å². The maximum absolute atomic E-state index is 10.7. The molecule has 2 rings (SSSR count). The SMILES string of the molecule is CC1CCC(C#N)(C(O)c2cc(Br)ccc2Cl)CC1. The van der Waals surface area contributed by atoms with E-state index in [4.69, 9.17) is 11.6 Å². The van der Waals surface area contributed by atoms with E-state index in [0.717, 1.165) is 30.2 Å². The minimum atomic E-state index is -0.824. The third-order valence-electron chi connectivity index (χ3n) is 4.17. The Kier molecular flexibility index (Phi) is 4.55. The predicted molar refractivity (Wildman–Crippen MR) is 79.8 cm³/mol. The monoisotopic (exact) mass is 341 g/mol. The van der Waals surface area contributed by atoms with Crippen molar-refractivity contribution in [2.45, 2.75) is 38.7 Å². The van der Waals surface area contributed by atoms with Crippen LogP contribution >= 0.6 is 27.5 Å². The molecule has 0 aromatic heterocycles. The summed E-state index contributed by atoms with van der Waals surface area (Å²) >= 11 is 9.55. The Hall–Kier alpha value is -0.560. The average Bonchev–Trinajstić information content (AvgIpc) is 2.42. The lowest BCUT2D eigenvalue weighted by Gasteiger charge is -2.37. The molecule has 1 aliphatic rings. The molecular formula is C15H17BrClNO. The predicted octanol–water partition coefficient (Wildman–Crippen LogP) is 4.86. The zero-order valence-electron chi connectivity index (χ0n) is 10.9. The second kappa shape index (κ2) is 5.83. The summed E-state index contributed by atoms with van der Waals surface area (Å²) in [6.45, 7) is 2.19. The Balaban J connectivity index is 2.33. The largest absolute Gasteiger partial charge is 0.387 e. The molecule has 1 aliphatic carbocycles. The fourth-order valence-electron chi connectivity index (χ4n) is 2.75. The summed E-state index contributed by atoms with van der Waals surface area (Å²) in [7, 11) is 0. The summed E-state index contributed by atoms with van der Waals surface area (Å²) in [5.74, 6) is 0.631. The van der Waals surface area contributed by atoms with Crippen LogP contribution in [0.5, 0.6) is 0 Å². The quantitative estimate of drug-likeness (QED) is 0.834. The summed E-state index contributed by atoms with van der Waals surface area (Å²) in [5, 5.41) is 20.7. The number of nitriles is 1. The van der Waals surface area contributed by atoms with Crippen LogP contribution in [0, 0.1) is 22.7 Å².